The van der Waals surface area contributed by atoms with Gasteiger partial charge in [0.25, 0.3) is 5.91 Å². The van der Waals surface area contributed by atoms with E-state index in [0.717, 1.165) is 12.8 Å². The lowest BCUT2D eigenvalue weighted by Gasteiger charge is -2.37. The third-order valence-electron chi connectivity index (χ3n) is 5.98. The van der Waals surface area contributed by atoms with E-state index in [1.54, 1.807) is 19.3 Å². The smallest absolute Gasteiger partial charge is 0.257 e. The summed E-state index contributed by atoms with van der Waals surface area (Å²) >= 11 is 1.44. The number of hydrogen-bond donors (Lipinski definition) is 1. The Morgan fingerprint density at radius 2 is 2.10 bits per heavy atom. The number of carbonyl (C=O) groups excluding carboxylic acids is 1. The maximum atomic E-state index is 13.4. The zero-order chi connectivity index (χ0) is 21.5. The Hall–Kier alpha value is -2.52. The lowest BCUT2D eigenvalue weighted by molar-refractivity contribution is 0.0473. The first kappa shape index (κ1) is 20.7. The Kier molecular flexibility index (Phi) is 5.50. The molecule has 1 N–H and O–H groups in total. The van der Waals surface area contributed by atoms with Gasteiger partial charge in [-0.15, -0.1) is 16.1 Å². The van der Waals surface area contributed by atoms with E-state index in [9.17, 15) is 9.90 Å². The van der Waals surface area contributed by atoms with Crippen molar-refractivity contribution in [1.82, 2.24) is 24.9 Å². The summed E-state index contributed by atoms with van der Waals surface area (Å²) < 4.78 is 5.95. The highest BCUT2D eigenvalue weighted by atomic mass is 32.1. The molecule has 0 spiro atoms. The van der Waals surface area contributed by atoms with Crippen LogP contribution in [0.1, 0.15) is 73.7 Å². The Labute approximate surface area is 179 Å². The van der Waals surface area contributed by atoms with Crippen molar-refractivity contribution in [2.75, 3.05) is 6.54 Å². The molecule has 0 radical (unpaired) electrons. The molecule has 0 saturated carbocycles. The predicted octanol–water partition coefficient (Wildman–Crippen LogP) is 3.65. The van der Waals surface area contributed by atoms with E-state index < -0.39 is 5.60 Å². The van der Waals surface area contributed by atoms with Crippen LogP contribution >= 0.6 is 11.3 Å². The summed E-state index contributed by atoms with van der Waals surface area (Å²) in [5, 5.41) is 21.6. The van der Waals surface area contributed by atoms with E-state index in [1.165, 1.54) is 16.1 Å². The highest BCUT2D eigenvalue weighted by Crippen LogP contribution is 2.35. The minimum Gasteiger partial charge on any atom is -0.445 e. The van der Waals surface area contributed by atoms with Gasteiger partial charge in [0.15, 0.2) is 10.9 Å². The van der Waals surface area contributed by atoms with Crippen LogP contribution in [0.2, 0.25) is 0 Å². The maximum absolute atomic E-state index is 13.4. The SMILES string of the molecule is CC[C@](C)(O)c1nc([C@@H]2CC[C@H](C)N(C(=O)c3ccsc3-n3nccn3)C2)oc1C. The van der Waals surface area contributed by atoms with Gasteiger partial charge in [0, 0.05) is 12.6 Å². The quantitative estimate of drug-likeness (QED) is 0.665. The normalized spacial score (nSPS) is 21.6. The molecule has 0 bridgehead atoms. The van der Waals surface area contributed by atoms with Gasteiger partial charge in [-0.05, 0) is 51.5 Å². The molecule has 4 heterocycles. The van der Waals surface area contributed by atoms with E-state index in [-0.39, 0.29) is 17.9 Å². The minimum absolute atomic E-state index is 0.00447. The highest BCUT2D eigenvalue weighted by Gasteiger charge is 2.36. The van der Waals surface area contributed by atoms with Crippen molar-refractivity contribution in [3.8, 4) is 5.00 Å². The molecular formula is C21H27N5O3S. The number of nitrogens with zero attached hydrogens (tertiary/aromatic N) is 5. The lowest BCUT2D eigenvalue weighted by Crippen LogP contribution is -2.45. The zero-order valence-corrected chi connectivity index (χ0v) is 18.5. The molecule has 0 aliphatic carbocycles. The molecule has 4 rings (SSSR count). The monoisotopic (exact) mass is 429 g/mol. The van der Waals surface area contributed by atoms with Gasteiger partial charge >= 0.3 is 0 Å². The second-order valence-corrected chi connectivity index (χ2v) is 9.02. The van der Waals surface area contributed by atoms with Gasteiger partial charge in [0.2, 0.25) is 0 Å². The van der Waals surface area contributed by atoms with Crippen LogP contribution in [0, 0.1) is 6.92 Å². The Bertz CT molecular complexity index is 1020. The number of carbonyl (C=O) groups is 1. The van der Waals surface area contributed by atoms with Crippen LogP contribution in [-0.2, 0) is 5.60 Å². The van der Waals surface area contributed by atoms with Crippen LogP contribution in [0.25, 0.3) is 5.00 Å². The first-order valence-electron chi connectivity index (χ1n) is 10.3. The largest absolute Gasteiger partial charge is 0.445 e. The molecule has 1 saturated heterocycles. The molecule has 0 unspecified atom stereocenters. The van der Waals surface area contributed by atoms with Crippen molar-refractivity contribution in [3.05, 3.63) is 46.7 Å². The van der Waals surface area contributed by atoms with Crippen LogP contribution in [0.4, 0.5) is 0 Å². The van der Waals surface area contributed by atoms with Crippen LogP contribution in [0.15, 0.2) is 28.3 Å². The van der Waals surface area contributed by atoms with Gasteiger partial charge in [-0.3, -0.25) is 4.79 Å². The van der Waals surface area contributed by atoms with Crippen LogP contribution in [0.3, 0.4) is 0 Å². The Morgan fingerprint density at radius 1 is 1.37 bits per heavy atom. The Morgan fingerprint density at radius 3 is 2.80 bits per heavy atom. The van der Waals surface area contributed by atoms with Crippen LogP contribution in [-0.4, -0.2) is 48.5 Å². The van der Waals surface area contributed by atoms with E-state index in [4.69, 9.17) is 4.42 Å². The van der Waals surface area contributed by atoms with Crippen molar-refractivity contribution in [2.24, 2.45) is 0 Å². The number of oxazole rings is 1. The Balaban J connectivity index is 1.59. The number of amides is 1. The average Bonchev–Trinajstić information content (AvgIpc) is 3.47. The van der Waals surface area contributed by atoms with Crippen molar-refractivity contribution < 1.29 is 14.3 Å². The van der Waals surface area contributed by atoms with Gasteiger partial charge < -0.3 is 14.4 Å². The number of aryl methyl sites for hydroxylation is 1. The number of likely N-dealkylation sites (tertiary alicyclic amines) is 1. The number of aromatic nitrogens is 4. The third kappa shape index (κ3) is 3.67. The number of piperidine rings is 1. The summed E-state index contributed by atoms with van der Waals surface area (Å²) in [7, 11) is 0. The van der Waals surface area contributed by atoms with Gasteiger partial charge in [0.1, 0.15) is 17.1 Å². The third-order valence-corrected chi connectivity index (χ3v) is 6.86. The summed E-state index contributed by atoms with van der Waals surface area (Å²) in [4.78, 5) is 21.4. The first-order chi connectivity index (χ1) is 14.3. The molecule has 1 fully saturated rings. The van der Waals surface area contributed by atoms with E-state index in [2.05, 4.69) is 22.1 Å². The molecule has 3 aromatic rings. The number of thiophene rings is 1. The summed E-state index contributed by atoms with van der Waals surface area (Å²) in [6.45, 7) is 8.10. The summed E-state index contributed by atoms with van der Waals surface area (Å²) in [5.41, 5.74) is 0.161. The van der Waals surface area contributed by atoms with Crippen molar-refractivity contribution in [3.63, 3.8) is 0 Å². The fraction of sp³-hybridized carbons (Fsp3) is 0.524. The molecular weight excluding hydrogens is 402 g/mol. The lowest BCUT2D eigenvalue weighted by atomic mass is 9.92. The van der Waals surface area contributed by atoms with Crippen LogP contribution < -0.4 is 0 Å². The van der Waals surface area contributed by atoms with Crippen molar-refractivity contribution in [1.29, 1.82) is 0 Å². The average molecular weight is 430 g/mol. The molecule has 30 heavy (non-hydrogen) atoms. The molecule has 0 aromatic carbocycles. The fourth-order valence-electron chi connectivity index (χ4n) is 3.94. The summed E-state index contributed by atoms with van der Waals surface area (Å²) in [6, 6.07) is 1.94. The molecule has 160 valence electrons. The van der Waals surface area contributed by atoms with E-state index in [1.807, 2.05) is 30.2 Å². The highest BCUT2D eigenvalue weighted by molar-refractivity contribution is 7.12. The molecule has 9 heteroatoms. The van der Waals surface area contributed by atoms with Gasteiger partial charge in [-0.2, -0.15) is 10.2 Å². The molecule has 1 aliphatic rings. The second-order valence-electron chi connectivity index (χ2n) is 8.12. The van der Waals surface area contributed by atoms with Gasteiger partial charge in [0.05, 0.1) is 23.9 Å². The topological polar surface area (TPSA) is 97.3 Å². The van der Waals surface area contributed by atoms with E-state index in [0.29, 0.717) is 40.9 Å². The molecule has 1 amide bonds. The number of rotatable bonds is 5. The molecule has 3 aromatic heterocycles. The zero-order valence-electron chi connectivity index (χ0n) is 17.7. The predicted molar refractivity (Wildman–Crippen MR) is 113 cm³/mol. The first-order valence-corrected chi connectivity index (χ1v) is 11.1. The van der Waals surface area contributed by atoms with E-state index >= 15 is 0 Å². The maximum Gasteiger partial charge on any atom is 0.257 e. The molecule has 3 atom stereocenters. The standard InChI is InChI=1S/C21H27N5O3S/c1-5-21(4,28)17-14(3)29-18(24-17)15-7-6-13(2)25(12-15)19(27)16-8-11-30-20(16)26-22-9-10-23-26/h8-11,13,15,28H,5-7,12H2,1-4H3/t13-,15+,21-/m0/s1. The molecule has 1 aliphatic heterocycles. The minimum atomic E-state index is -1.02. The fourth-order valence-corrected chi connectivity index (χ4v) is 4.75. The summed E-state index contributed by atoms with van der Waals surface area (Å²) in [6.07, 6.45) is 5.49. The molecule has 8 nitrogen and oxygen atoms in total. The number of hydrogen-bond acceptors (Lipinski definition) is 7. The van der Waals surface area contributed by atoms with Crippen molar-refractivity contribution in [2.45, 2.75) is 64.5 Å². The van der Waals surface area contributed by atoms with Gasteiger partial charge in [-0.25, -0.2) is 4.98 Å². The van der Waals surface area contributed by atoms with Crippen LogP contribution in [0.5, 0.6) is 0 Å². The van der Waals surface area contributed by atoms with Gasteiger partial charge in [-0.1, -0.05) is 6.92 Å². The number of aliphatic hydroxyl groups is 1. The second kappa shape index (κ2) is 7.96. The van der Waals surface area contributed by atoms with Crippen molar-refractivity contribution >= 4 is 17.2 Å². The summed E-state index contributed by atoms with van der Waals surface area (Å²) in [5.74, 6) is 1.19.